The highest BCUT2D eigenvalue weighted by Crippen LogP contribution is 2.65. The Morgan fingerprint density at radius 3 is 2.50 bits per heavy atom. The van der Waals surface area contributed by atoms with Crippen molar-refractivity contribution < 1.29 is 24.2 Å². The van der Waals surface area contributed by atoms with Crippen LogP contribution in [0, 0.1) is 17.8 Å². The van der Waals surface area contributed by atoms with Crippen molar-refractivity contribution in [3.05, 3.63) is 0 Å². The van der Waals surface area contributed by atoms with Crippen molar-refractivity contribution in [2.24, 2.45) is 17.8 Å². The number of fused-ring (bicyclic) bond motifs is 1. The lowest BCUT2D eigenvalue weighted by Gasteiger charge is -2.36. The summed E-state index contributed by atoms with van der Waals surface area (Å²) in [6.07, 6.45) is 3.57. The molecular weight excluding hydrogens is 386 g/mol. The van der Waals surface area contributed by atoms with Crippen molar-refractivity contribution >= 4 is 17.7 Å². The van der Waals surface area contributed by atoms with Crippen molar-refractivity contribution in [2.75, 3.05) is 26.2 Å². The molecule has 0 aromatic heterocycles. The minimum atomic E-state index is -0.995. The number of hydrogen-bond acceptors (Lipinski definition) is 5. The molecule has 0 aliphatic carbocycles. The Bertz CT molecular complexity index is 686. The van der Waals surface area contributed by atoms with Crippen LogP contribution in [0.25, 0.3) is 0 Å². The molecule has 170 valence electrons. The minimum Gasteiger partial charge on any atom is -0.396 e. The monoisotopic (exact) mass is 423 g/mol. The number of carbonyl (C=O) groups excluding carboxylic acids is 3. The van der Waals surface area contributed by atoms with E-state index in [0.717, 1.165) is 19.3 Å². The Balaban J connectivity index is 1.98. The van der Waals surface area contributed by atoms with Crippen molar-refractivity contribution in [1.29, 1.82) is 0 Å². The summed E-state index contributed by atoms with van der Waals surface area (Å²) in [4.78, 5) is 41.5. The van der Waals surface area contributed by atoms with Gasteiger partial charge in [-0.15, -0.1) is 0 Å². The average molecular weight is 424 g/mol. The van der Waals surface area contributed by atoms with Crippen molar-refractivity contribution in [1.82, 2.24) is 15.5 Å². The first kappa shape index (κ1) is 23.0. The second-order valence-electron chi connectivity index (χ2n) is 9.25. The zero-order valence-electron chi connectivity index (χ0n) is 18.7. The number of aliphatic hydroxyl groups is 1. The van der Waals surface area contributed by atoms with E-state index in [-0.39, 0.29) is 36.8 Å². The minimum absolute atomic E-state index is 0.0441. The molecule has 3 unspecified atom stereocenters. The highest BCUT2D eigenvalue weighted by atomic mass is 16.5. The molecule has 3 amide bonds. The molecule has 1 spiro atoms. The van der Waals surface area contributed by atoms with E-state index < -0.39 is 29.1 Å². The number of nitrogens with zero attached hydrogens (tertiary/aromatic N) is 1. The largest absolute Gasteiger partial charge is 0.396 e. The zero-order valence-corrected chi connectivity index (χ0v) is 18.7. The maximum Gasteiger partial charge on any atom is 0.245 e. The smallest absolute Gasteiger partial charge is 0.245 e. The first-order chi connectivity index (χ1) is 14.3. The molecule has 3 aliphatic heterocycles. The van der Waals surface area contributed by atoms with Crippen LogP contribution in [-0.4, -0.2) is 71.2 Å². The van der Waals surface area contributed by atoms with Crippen molar-refractivity contribution in [2.45, 2.75) is 77.0 Å². The SMILES string of the molecule is CCCCNC(=O)C1N(CCCO)C(=O)[C@@H]2[C@H](C(=O)NCCC)[C@@]3(C)OC12CC3C. The molecule has 3 N–H and O–H groups in total. The predicted octanol–water partition coefficient (Wildman–Crippen LogP) is 0.822. The van der Waals surface area contributed by atoms with E-state index in [2.05, 4.69) is 17.6 Å². The molecule has 0 saturated carbocycles. The molecule has 2 bridgehead atoms. The fourth-order valence-electron chi connectivity index (χ4n) is 5.76. The molecule has 0 aromatic carbocycles. The summed E-state index contributed by atoms with van der Waals surface area (Å²) in [7, 11) is 0. The molecule has 3 rings (SSSR count). The number of ether oxygens (including phenoxy) is 1. The highest BCUT2D eigenvalue weighted by Gasteiger charge is 2.79. The second kappa shape index (κ2) is 8.83. The highest BCUT2D eigenvalue weighted by molar-refractivity contribution is 5.99. The van der Waals surface area contributed by atoms with E-state index in [4.69, 9.17) is 4.74 Å². The van der Waals surface area contributed by atoms with Gasteiger partial charge in [-0.3, -0.25) is 14.4 Å². The number of aliphatic hydroxyl groups excluding tert-OH is 1. The van der Waals surface area contributed by atoms with Gasteiger partial charge < -0.3 is 25.4 Å². The van der Waals surface area contributed by atoms with Gasteiger partial charge in [0.25, 0.3) is 0 Å². The van der Waals surface area contributed by atoms with Crippen LogP contribution >= 0.6 is 0 Å². The summed E-state index contributed by atoms with van der Waals surface area (Å²) in [5, 5.41) is 15.3. The Kier molecular flexibility index (Phi) is 6.77. The summed E-state index contributed by atoms with van der Waals surface area (Å²) < 4.78 is 6.57. The van der Waals surface area contributed by atoms with E-state index in [1.807, 2.05) is 20.8 Å². The Hall–Kier alpha value is -1.67. The first-order valence-electron chi connectivity index (χ1n) is 11.4. The van der Waals surface area contributed by atoms with E-state index in [9.17, 15) is 19.5 Å². The summed E-state index contributed by atoms with van der Waals surface area (Å²) in [5.41, 5.74) is -1.77. The Morgan fingerprint density at radius 2 is 1.87 bits per heavy atom. The summed E-state index contributed by atoms with van der Waals surface area (Å²) in [6.45, 7) is 9.29. The average Bonchev–Trinajstić information content (AvgIpc) is 3.21. The van der Waals surface area contributed by atoms with Gasteiger partial charge in [-0.1, -0.05) is 27.2 Å². The lowest BCUT2D eigenvalue weighted by Crippen LogP contribution is -2.56. The molecule has 3 aliphatic rings. The number of carbonyl (C=O) groups is 3. The fourth-order valence-corrected chi connectivity index (χ4v) is 5.76. The second-order valence-corrected chi connectivity index (χ2v) is 9.25. The van der Waals surface area contributed by atoms with Gasteiger partial charge >= 0.3 is 0 Å². The van der Waals surface area contributed by atoms with Crippen LogP contribution in [0.3, 0.4) is 0 Å². The maximum absolute atomic E-state index is 13.6. The van der Waals surface area contributed by atoms with Crippen LogP contribution < -0.4 is 10.6 Å². The summed E-state index contributed by atoms with van der Waals surface area (Å²) in [6, 6.07) is -0.772. The Labute approximate surface area is 179 Å². The van der Waals surface area contributed by atoms with Crippen LogP contribution in [0.4, 0.5) is 0 Å². The Morgan fingerprint density at radius 1 is 1.17 bits per heavy atom. The quantitative estimate of drug-likeness (QED) is 0.451. The van der Waals surface area contributed by atoms with Gasteiger partial charge in [0.15, 0.2) is 0 Å². The molecule has 8 nitrogen and oxygen atoms in total. The number of unbranched alkanes of at least 4 members (excludes halogenated alkanes) is 1. The van der Waals surface area contributed by atoms with E-state index in [1.165, 1.54) is 0 Å². The molecular formula is C22H37N3O5. The van der Waals surface area contributed by atoms with Crippen LogP contribution in [0.1, 0.15) is 59.8 Å². The van der Waals surface area contributed by atoms with Crippen LogP contribution in [-0.2, 0) is 19.1 Å². The van der Waals surface area contributed by atoms with Crippen molar-refractivity contribution in [3.63, 3.8) is 0 Å². The third kappa shape index (κ3) is 3.42. The summed E-state index contributed by atoms with van der Waals surface area (Å²) >= 11 is 0. The zero-order chi connectivity index (χ0) is 22.1. The van der Waals surface area contributed by atoms with Gasteiger partial charge in [0.1, 0.15) is 11.6 Å². The summed E-state index contributed by atoms with van der Waals surface area (Å²) in [5.74, 6) is -1.83. The molecule has 0 aromatic rings. The lowest BCUT2D eigenvalue weighted by atomic mass is 9.62. The lowest BCUT2D eigenvalue weighted by molar-refractivity contribution is -0.147. The van der Waals surface area contributed by atoms with Gasteiger partial charge in [-0.05, 0) is 38.5 Å². The molecule has 3 fully saturated rings. The van der Waals surface area contributed by atoms with Gasteiger partial charge in [0.2, 0.25) is 17.7 Å². The predicted molar refractivity (Wildman–Crippen MR) is 111 cm³/mol. The third-order valence-corrected chi connectivity index (χ3v) is 7.28. The molecule has 6 atom stereocenters. The number of likely N-dealkylation sites (tertiary alicyclic amines) is 1. The molecule has 30 heavy (non-hydrogen) atoms. The number of nitrogens with one attached hydrogen (secondary N) is 2. The third-order valence-electron chi connectivity index (χ3n) is 7.28. The van der Waals surface area contributed by atoms with E-state index in [1.54, 1.807) is 4.90 Å². The maximum atomic E-state index is 13.6. The number of amides is 3. The number of rotatable bonds is 10. The molecule has 3 heterocycles. The van der Waals surface area contributed by atoms with Crippen LogP contribution in [0.15, 0.2) is 0 Å². The van der Waals surface area contributed by atoms with Crippen LogP contribution in [0.2, 0.25) is 0 Å². The fraction of sp³-hybridized carbons (Fsp3) is 0.864. The van der Waals surface area contributed by atoms with Crippen molar-refractivity contribution in [3.8, 4) is 0 Å². The topological polar surface area (TPSA) is 108 Å². The van der Waals surface area contributed by atoms with Gasteiger partial charge in [-0.25, -0.2) is 0 Å². The normalized spacial score (nSPS) is 36.8. The van der Waals surface area contributed by atoms with E-state index in [0.29, 0.717) is 25.9 Å². The van der Waals surface area contributed by atoms with Gasteiger partial charge in [-0.2, -0.15) is 0 Å². The first-order valence-corrected chi connectivity index (χ1v) is 11.4. The van der Waals surface area contributed by atoms with E-state index >= 15 is 0 Å². The van der Waals surface area contributed by atoms with Gasteiger partial charge in [0, 0.05) is 26.2 Å². The standard InChI is InChI=1S/C22H37N3O5/c1-5-7-10-24-19(28)17-22-13-14(3)21(4,30-22)15(18(27)23-9-6-2)16(22)20(29)25(17)11-8-12-26/h14-17,26H,5-13H2,1-4H3,(H,23,27)(H,24,28)/t14?,15-,16+,17?,21+,22?/m1/s1. The molecule has 3 saturated heterocycles. The van der Waals surface area contributed by atoms with Crippen LogP contribution in [0.5, 0.6) is 0 Å². The molecule has 8 heteroatoms. The molecule has 0 radical (unpaired) electrons. The van der Waals surface area contributed by atoms with Gasteiger partial charge in [0.05, 0.1) is 17.4 Å². The number of hydrogen-bond donors (Lipinski definition) is 3.